The minimum atomic E-state index is -0.270. The van der Waals surface area contributed by atoms with Crippen LogP contribution < -0.4 is 10.6 Å². The summed E-state index contributed by atoms with van der Waals surface area (Å²) in [5, 5.41) is 6.60. The lowest BCUT2D eigenvalue weighted by Gasteiger charge is -2.19. The number of anilines is 1. The summed E-state index contributed by atoms with van der Waals surface area (Å²) in [7, 11) is 0. The van der Waals surface area contributed by atoms with Crippen molar-refractivity contribution in [3.05, 3.63) is 63.6 Å². The summed E-state index contributed by atoms with van der Waals surface area (Å²) in [4.78, 5) is 12.2. The maximum absolute atomic E-state index is 12.2. The number of hydrogen-bond donors (Lipinski definition) is 2. The SMILES string of the molecule is CC(C)(C)c1ccc(C(=O)NC(=S)Nc2ccc(Cl)c(Cl)c2)cc1. The zero-order valence-electron chi connectivity index (χ0n) is 13.6. The molecule has 1 amide bonds. The van der Waals surface area contributed by atoms with Gasteiger partial charge in [0, 0.05) is 11.3 Å². The summed E-state index contributed by atoms with van der Waals surface area (Å²) in [5.74, 6) is -0.270. The van der Waals surface area contributed by atoms with E-state index in [9.17, 15) is 4.79 Å². The van der Waals surface area contributed by atoms with Crippen molar-refractivity contribution in [3.63, 3.8) is 0 Å². The predicted octanol–water partition coefficient (Wildman–Crippen LogP) is 5.42. The Bertz CT molecular complexity index is 768. The summed E-state index contributed by atoms with van der Waals surface area (Å²) in [6.45, 7) is 6.37. The van der Waals surface area contributed by atoms with E-state index in [0.717, 1.165) is 5.56 Å². The van der Waals surface area contributed by atoms with Crippen LogP contribution in [0.1, 0.15) is 36.7 Å². The number of carbonyl (C=O) groups is 1. The van der Waals surface area contributed by atoms with Crippen LogP contribution in [0.5, 0.6) is 0 Å². The Labute approximate surface area is 157 Å². The maximum Gasteiger partial charge on any atom is 0.257 e. The summed E-state index contributed by atoms with van der Waals surface area (Å²) in [5.41, 5.74) is 2.40. The molecule has 0 heterocycles. The van der Waals surface area contributed by atoms with Gasteiger partial charge in [-0.05, 0) is 53.5 Å². The lowest BCUT2D eigenvalue weighted by atomic mass is 9.87. The van der Waals surface area contributed by atoms with Gasteiger partial charge in [0.15, 0.2) is 5.11 Å². The van der Waals surface area contributed by atoms with Gasteiger partial charge in [0.1, 0.15) is 0 Å². The average molecular weight is 381 g/mol. The molecular weight excluding hydrogens is 363 g/mol. The van der Waals surface area contributed by atoms with Crippen molar-refractivity contribution in [2.24, 2.45) is 0 Å². The second-order valence-electron chi connectivity index (χ2n) is 6.36. The van der Waals surface area contributed by atoms with Crippen molar-refractivity contribution < 1.29 is 4.79 Å². The van der Waals surface area contributed by atoms with Crippen molar-refractivity contribution in [1.29, 1.82) is 0 Å². The zero-order valence-corrected chi connectivity index (χ0v) is 15.9. The molecule has 2 N–H and O–H groups in total. The Morgan fingerprint density at radius 3 is 2.17 bits per heavy atom. The fraction of sp³-hybridized carbons (Fsp3) is 0.222. The summed E-state index contributed by atoms with van der Waals surface area (Å²) in [6.07, 6.45) is 0. The molecule has 0 aliphatic rings. The second-order valence-corrected chi connectivity index (χ2v) is 7.59. The molecular formula is C18H18Cl2N2OS. The minimum absolute atomic E-state index is 0.0414. The van der Waals surface area contributed by atoms with Crippen LogP contribution in [0.15, 0.2) is 42.5 Å². The highest BCUT2D eigenvalue weighted by molar-refractivity contribution is 7.80. The number of amides is 1. The lowest BCUT2D eigenvalue weighted by Crippen LogP contribution is -2.34. The molecule has 0 atom stereocenters. The van der Waals surface area contributed by atoms with E-state index in [1.54, 1.807) is 30.3 Å². The molecule has 0 aromatic heterocycles. The van der Waals surface area contributed by atoms with Crippen LogP contribution in [-0.4, -0.2) is 11.0 Å². The minimum Gasteiger partial charge on any atom is -0.332 e. The van der Waals surface area contributed by atoms with Crippen LogP contribution >= 0.6 is 35.4 Å². The van der Waals surface area contributed by atoms with Gasteiger partial charge in [-0.2, -0.15) is 0 Å². The first-order chi connectivity index (χ1) is 11.2. The van der Waals surface area contributed by atoms with Crippen molar-refractivity contribution >= 4 is 52.1 Å². The van der Waals surface area contributed by atoms with Crippen molar-refractivity contribution in [3.8, 4) is 0 Å². The van der Waals surface area contributed by atoms with Gasteiger partial charge >= 0.3 is 0 Å². The van der Waals surface area contributed by atoms with Gasteiger partial charge in [0.05, 0.1) is 10.0 Å². The number of nitrogens with one attached hydrogen (secondary N) is 2. The van der Waals surface area contributed by atoms with E-state index in [0.29, 0.717) is 21.3 Å². The number of thiocarbonyl (C=S) groups is 1. The van der Waals surface area contributed by atoms with Crippen LogP contribution in [0.2, 0.25) is 10.0 Å². The Morgan fingerprint density at radius 2 is 1.62 bits per heavy atom. The largest absolute Gasteiger partial charge is 0.332 e. The monoisotopic (exact) mass is 380 g/mol. The zero-order chi connectivity index (χ0) is 17.9. The molecule has 6 heteroatoms. The molecule has 0 saturated heterocycles. The third-order valence-corrected chi connectivity index (χ3v) is 4.36. The highest BCUT2D eigenvalue weighted by atomic mass is 35.5. The van der Waals surface area contributed by atoms with Crippen LogP contribution in [0.4, 0.5) is 5.69 Å². The fourth-order valence-electron chi connectivity index (χ4n) is 2.03. The molecule has 0 radical (unpaired) electrons. The maximum atomic E-state index is 12.2. The average Bonchev–Trinajstić information content (AvgIpc) is 2.50. The Hall–Kier alpha value is -1.62. The molecule has 0 aliphatic heterocycles. The van der Waals surface area contributed by atoms with Crippen molar-refractivity contribution in [2.45, 2.75) is 26.2 Å². The second kappa shape index (κ2) is 7.51. The van der Waals surface area contributed by atoms with E-state index in [-0.39, 0.29) is 16.4 Å². The topological polar surface area (TPSA) is 41.1 Å². The molecule has 2 aromatic carbocycles. The van der Waals surface area contributed by atoms with Gasteiger partial charge in [0.2, 0.25) is 0 Å². The van der Waals surface area contributed by atoms with Gasteiger partial charge in [-0.25, -0.2) is 0 Å². The molecule has 24 heavy (non-hydrogen) atoms. The Kier molecular flexibility index (Phi) is 5.86. The number of rotatable bonds is 2. The first-order valence-corrected chi connectivity index (χ1v) is 8.51. The molecule has 0 spiro atoms. The predicted molar refractivity (Wildman–Crippen MR) is 105 cm³/mol. The molecule has 3 nitrogen and oxygen atoms in total. The normalized spacial score (nSPS) is 11.0. The van der Waals surface area contributed by atoms with E-state index < -0.39 is 0 Å². The molecule has 0 unspecified atom stereocenters. The third kappa shape index (κ3) is 4.94. The number of carbonyl (C=O) groups excluding carboxylic acids is 1. The number of benzene rings is 2. The fourth-order valence-corrected chi connectivity index (χ4v) is 2.54. The quantitative estimate of drug-likeness (QED) is 0.683. The molecule has 0 aliphatic carbocycles. The van der Waals surface area contributed by atoms with Crippen LogP contribution in [0.3, 0.4) is 0 Å². The Balaban J connectivity index is 2.00. The van der Waals surface area contributed by atoms with E-state index in [2.05, 4.69) is 31.4 Å². The van der Waals surface area contributed by atoms with Crippen LogP contribution in [0, 0.1) is 0 Å². The van der Waals surface area contributed by atoms with Gasteiger partial charge in [-0.1, -0.05) is 56.1 Å². The summed E-state index contributed by atoms with van der Waals surface area (Å²) < 4.78 is 0. The first-order valence-electron chi connectivity index (χ1n) is 7.35. The number of halogens is 2. The lowest BCUT2D eigenvalue weighted by molar-refractivity contribution is 0.0977. The molecule has 126 valence electrons. The molecule has 0 bridgehead atoms. The van der Waals surface area contributed by atoms with Gasteiger partial charge in [0.25, 0.3) is 5.91 Å². The molecule has 0 fully saturated rings. The smallest absolute Gasteiger partial charge is 0.257 e. The van der Waals surface area contributed by atoms with Crippen LogP contribution in [0.25, 0.3) is 0 Å². The molecule has 0 saturated carbocycles. The van der Waals surface area contributed by atoms with E-state index >= 15 is 0 Å². The number of hydrogen-bond acceptors (Lipinski definition) is 2. The molecule has 2 rings (SSSR count). The van der Waals surface area contributed by atoms with Crippen LogP contribution in [-0.2, 0) is 5.41 Å². The first kappa shape index (κ1) is 18.7. The van der Waals surface area contributed by atoms with Crippen molar-refractivity contribution in [1.82, 2.24) is 5.32 Å². The van der Waals surface area contributed by atoms with Crippen molar-refractivity contribution in [2.75, 3.05) is 5.32 Å². The summed E-state index contributed by atoms with van der Waals surface area (Å²) in [6, 6.07) is 12.5. The Morgan fingerprint density at radius 1 is 1.00 bits per heavy atom. The van der Waals surface area contributed by atoms with E-state index in [1.165, 1.54) is 0 Å². The van der Waals surface area contributed by atoms with Gasteiger partial charge < -0.3 is 5.32 Å². The van der Waals surface area contributed by atoms with Gasteiger partial charge in [-0.3, -0.25) is 10.1 Å². The molecule has 2 aromatic rings. The highest BCUT2D eigenvalue weighted by Crippen LogP contribution is 2.25. The van der Waals surface area contributed by atoms with Gasteiger partial charge in [-0.15, -0.1) is 0 Å². The van der Waals surface area contributed by atoms with E-state index in [4.69, 9.17) is 35.4 Å². The standard InChI is InChI=1S/C18H18Cl2N2OS/c1-18(2,3)12-6-4-11(5-7-12)16(23)22-17(24)21-13-8-9-14(19)15(20)10-13/h4-10H,1-3H3,(H2,21,22,23,24). The highest BCUT2D eigenvalue weighted by Gasteiger charge is 2.14. The third-order valence-electron chi connectivity index (χ3n) is 3.42. The summed E-state index contributed by atoms with van der Waals surface area (Å²) >= 11 is 17.0. The van der Waals surface area contributed by atoms with E-state index in [1.807, 2.05) is 12.1 Å².